The molecule has 0 bridgehead atoms. The van der Waals surface area contributed by atoms with E-state index < -0.39 is 5.97 Å². The molecule has 0 aromatic carbocycles. The van der Waals surface area contributed by atoms with E-state index in [1.165, 1.54) is 12.8 Å². The van der Waals surface area contributed by atoms with Gasteiger partial charge < -0.3 is 5.11 Å². The van der Waals surface area contributed by atoms with Crippen molar-refractivity contribution in [2.24, 2.45) is 0 Å². The van der Waals surface area contributed by atoms with Crippen LogP contribution in [0.3, 0.4) is 0 Å². The minimum Gasteiger partial charge on any atom is -0.481 e. The first-order chi connectivity index (χ1) is 10.3. The third kappa shape index (κ3) is 18.1. The zero-order chi connectivity index (χ0) is 15.6. The first-order valence-electron chi connectivity index (χ1n) is 7.88. The maximum absolute atomic E-state index is 10.3. The molecule has 0 fully saturated rings. The van der Waals surface area contributed by atoms with Crippen LogP contribution in [0.2, 0.25) is 0 Å². The van der Waals surface area contributed by atoms with Crippen molar-refractivity contribution in [2.45, 2.75) is 77.0 Å². The van der Waals surface area contributed by atoms with E-state index in [9.17, 15) is 4.79 Å². The van der Waals surface area contributed by atoms with E-state index >= 15 is 0 Å². The second-order valence-electron chi connectivity index (χ2n) is 5.03. The van der Waals surface area contributed by atoms with E-state index in [-0.39, 0.29) is 0 Å². The van der Waals surface area contributed by atoms with Gasteiger partial charge in [-0.2, -0.15) is 0 Å². The summed E-state index contributed by atoms with van der Waals surface area (Å²) in [6.45, 7) is 0. The number of hydrogen-bond donors (Lipinski definition) is 1. The Kier molecular flexibility index (Phi) is 14.8. The Morgan fingerprint density at radius 2 is 1.24 bits per heavy atom. The normalized spacial score (nSPS) is 8.90. The average molecular weight is 286 g/mol. The van der Waals surface area contributed by atoms with Gasteiger partial charge in [0.1, 0.15) is 0 Å². The molecule has 2 nitrogen and oxygen atoms in total. The van der Waals surface area contributed by atoms with E-state index in [0.717, 1.165) is 57.8 Å². The van der Waals surface area contributed by atoms with Crippen LogP contribution in [-0.4, -0.2) is 11.1 Å². The van der Waals surface area contributed by atoms with E-state index in [1.54, 1.807) is 0 Å². The SMILES string of the molecule is C#CCCCCC#CC#CCCCCCCCCC(=O)O. The van der Waals surface area contributed by atoms with Gasteiger partial charge in [-0.1, -0.05) is 37.5 Å². The number of unbranched alkanes of at least 4 members (excludes halogenated alkanes) is 9. The number of terminal acetylenes is 1. The number of rotatable bonds is 11. The molecule has 0 aromatic rings. The second-order valence-corrected chi connectivity index (χ2v) is 5.03. The minimum absolute atomic E-state index is 0.298. The molecule has 21 heavy (non-hydrogen) atoms. The molecule has 0 unspecified atom stereocenters. The van der Waals surface area contributed by atoms with Crippen molar-refractivity contribution in [3.8, 4) is 36.0 Å². The van der Waals surface area contributed by atoms with Crippen molar-refractivity contribution in [3.63, 3.8) is 0 Å². The standard InChI is InChI=1S/C19H26O2/c1-2-3-4-5-6-7-8-9-10-11-12-13-14-15-16-17-18-19(20)21/h1H,3-6,11-18H2,(H,20,21). The molecule has 2 heteroatoms. The van der Waals surface area contributed by atoms with E-state index in [2.05, 4.69) is 29.6 Å². The fourth-order valence-electron chi connectivity index (χ4n) is 1.85. The fourth-order valence-corrected chi connectivity index (χ4v) is 1.85. The Labute approximate surface area is 129 Å². The van der Waals surface area contributed by atoms with Gasteiger partial charge in [0.2, 0.25) is 0 Å². The molecule has 0 amide bonds. The summed E-state index contributed by atoms with van der Waals surface area (Å²) in [5, 5.41) is 8.49. The summed E-state index contributed by atoms with van der Waals surface area (Å²) in [4.78, 5) is 10.3. The maximum atomic E-state index is 10.3. The molecule has 0 saturated carbocycles. The highest BCUT2D eigenvalue weighted by atomic mass is 16.4. The Morgan fingerprint density at radius 1 is 0.762 bits per heavy atom. The van der Waals surface area contributed by atoms with Crippen LogP contribution in [0, 0.1) is 36.0 Å². The van der Waals surface area contributed by atoms with Gasteiger partial charge in [0, 0.05) is 25.7 Å². The van der Waals surface area contributed by atoms with Crippen molar-refractivity contribution in [2.75, 3.05) is 0 Å². The molecule has 114 valence electrons. The average Bonchev–Trinajstić information content (AvgIpc) is 2.46. The lowest BCUT2D eigenvalue weighted by atomic mass is 10.1. The molecule has 0 heterocycles. The zero-order valence-electron chi connectivity index (χ0n) is 12.9. The Balaban J connectivity index is 3.28. The predicted octanol–water partition coefficient (Wildman–Crippen LogP) is 4.39. The third-order valence-electron chi connectivity index (χ3n) is 3.05. The van der Waals surface area contributed by atoms with Gasteiger partial charge in [-0.15, -0.1) is 12.3 Å². The smallest absolute Gasteiger partial charge is 0.303 e. The molecule has 0 radical (unpaired) electrons. The van der Waals surface area contributed by atoms with E-state index in [0.29, 0.717) is 6.42 Å². The fraction of sp³-hybridized carbons (Fsp3) is 0.632. The molecule has 0 aliphatic carbocycles. The highest BCUT2D eigenvalue weighted by molar-refractivity contribution is 5.66. The topological polar surface area (TPSA) is 37.3 Å². The number of aliphatic carboxylic acids is 1. The number of carboxylic acids is 1. The van der Waals surface area contributed by atoms with Crippen LogP contribution >= 0.6 is 0 Å². The number of carbonyl (C=O) groups is 1. The largest absolute Gasteiger partial charge is 0.481 e. The van der Waals surface area contributed by atoms with Crippen LogP contribution < -0.4 is 0 Å². The highest BCUT2D eigenvalue weighted by Crippen LogP contribution is 2.08. The first-order valence-corrected chi connectivity index (χ1v) is 7.88. The summed E-state index contributed by atoms with van der Waals surface area (Å²) >= 11 is 0. The highest BCUT2D eigenvalue weighted by Gasteiger charge is 1.95. The van der Waals surface area contributed by atoms with Crippen LogP contribution in [0.5, 0.6) is 0 Å². The van der Waals surface area contributed by atoms with E-state index in [1.807, 2.05) is 0 Å². The maximum Gasteiger partial charge on any atom is 0.303 e. The van der Waals surface area contributed by atoms with Gasteiger partial charge in [-0.05, 0) is 37.5 Å². The van der Waals surface area contributed by atoms with E-state index in [4.69, 9.17) is 11.5 Å². The summed E-state index contributed by atoms with van der Waals surface area (Å²) in [5.41, 5.74) is 0. The van der Waals surface area contributed by atoms with Crippen molar-refractivity contribution in [1.29, 1.82) is 0 Å². The van der Waals surface area contributed by atoms with Gasteiger partial charge in [-0.3, -0.25) is 4.79 Å². The number of carboxylic acid groups (broad SMARTS) is 1. The van der Waals surface area contributed by atoms with Gasteiger partial charge in [0.25, 0.3) is 0 Å². The molecule has 0 aliphatic heterocycles. The Bertz CT molecular complexity index is 420. The second kappa shape index (κ2) is 16.2. The molecule has 0 rings (SSSR count). The molecular formula is C19H26O2. The Hall–Kier alpha value is -1.85. The lowest BCUT2D eigenvalue weighted by Gasteiger charge is -1.98. The van der Waals surface area contributed by atoms with Gasteiger partial charge in [0.05, 0.1) is 0 Å². The number of hydrogen-bond acceptors (Lipinski definition) is 1. The van der Waals surface area contributed by atoms with Gasteiger partial charge in [-0.25, -0.2) is 0 Å². The Morgan fingerprint density at radius 3 is 1.81 bits per heavy atom. The van der Waals surface area contributed by atoms with Crippen molar-refractivity contribution in [3.05, 3.63) is 0 Å². The monoisotopic (exact) mass is 286 g/mol. The summed E-state index contributed by atoms with van der Waals surface area (Å²) in [6, 6.07) is 0. The third-order valence-corrected chi connectivity index (χ3v) is 3.05. The lowest BCUT2D eigenvalue weighted by Crippen LogP contribution is -1.93. The molecular weight excluding hydrogens is 260 g/mol. The van der Waals surface area contributed by atoms with Crippen molar-refractivity contribution >= 4 is 5.97 Å². The van der Waals surface area contributed by atoms with Crippen LogP contribution in [0.4, 0.5) is 0 Å². The summed E-state index contributed by atoms with van der Waals surface area (Å²) < 4.78 is 0. The molecule has 1 N–H and O–H groups in total. The van der Waals surface area contributed by atoms with Crippen LogP contribution in [0.1, 0.15) is 77.0 Å². The summed E-state index contributed by atoms with van der Waals surface area (Å²) in [5.74, 6) is 13.8. The van der Waals surface area contributed by atoms with Gasteiger partial charge >= 0.3 is 5.97 Å². The van der Waals surface area contributed by atoms with Crippen molar-refractivity contribution in [1.82, 2.24) is 0 Å². The zero-order valence-corrected chi connectivity index (χ0v) is 12.9. The summed E-state index contributed by atoms with van der Waals surface area (Å²) in [7, 11) is 0. The molecule has 0 aliphatic rings. The first kappa shape index (κ1) is 19.1. The lowest BCUT2D eigenvalue weighted by molar-refractivity contribution is -0.137. The van der Waals surface area contributed by atoms with Crippen molar-refractivity contribution < 1.29 is 9.90 Å². The van der Waals surface area contributed by atoms with Crippen LogP contribution in [-0.2, 0) is 4.79 Å². The van der Waals surface area contributed by atoms with Gasteiger partial charge in [0.15, 0.2) is 0 Å². The summed E-state index contributed by atoms with van der Waals surface area (Å²) in [6.07, 6.45) is 16.6. The van der Waals surface area contributed by atoms with Crippen LogP contribution in [0.25, 0.3) is 0 Å². The quantitative estimate of drug-likeness (QED) is 0.452. The molecule has 0 spiro atoms. The molecule has 0 atom stereocenters. The predicted molar refractivity (Wildman–Crippen MR) is 87.4 cm³/mol. The molecule has 0 aromatic heterocycles. The minimum atomic E-state index is -0.692. The van der Waals surface area contributed by atoms with Crippen LogP contribution in [0.15, 0.2) is 0 Å². The molecule has 0 saturated heterocycles.